The maximum atomic E-state index is 11.3. The van der Waals surface area contributed by atoms with E-state index in [1.807, 2.05) is 6.07 Å². The van der Waals surface area contributed by atoms with E-state index >= 15 is 0 Å². The normalized spacial score (nSPS) is 21.3. The topological polar surface area (TPSA) is 71.0 Å². The number of carboxylic acids is 1. The SMILES string of the molecule is COc1ccc(CN2CCC3(CC2)CNCCO3)cc1C(=O)O. The zero-order valence-electron chi connectivity index (χ0n) is 13.5. The van der Waals surface area contributed by atoms with Crippen LogP contribution in [0.5, 0.6) is 5.75 Å². The number of hydrogen-bond acceptors (Lipinski definition) is 5. The van der Waals surface area contributed by atoms with Crippen molar-refractivity contribution in [3.05, 3.63) is 29.3 Å². The van der Waals surface area contributed by atoms with Crippen LogP contribution >= 0.6 is 0 Å². The Hall–Kier alpha value is -1.63. The van der Waals surface area contributed by atoms with Gasteiger partial charge in [0.05, 0.1) is 19.3 Å². The minimum atomic E-state index is -0.956. The molecule has 23 heavy (non-hydrogen) atoms. The molecule has 6 heteroatoms. The number of likely N-dealkylation sites (tertiary alicyclic amines) is 1. The average molecular weight is 320 g/mol. The van der Waals surface area contributed by atoms with E-state index in [1.165, 1.54) is 7.11 Å². The van der Waals surface area contributed by atoms with Crippen molar-refractivity contribution in [2.24, 2.45) is 0 Å². The van der Waals surface area contributed by atoms with Crippen molar-refractivity contribution in [1.82, 2.24) is 10.2 Å². The summed E-state index contributed by atoms with van der Waals surface area (Å²) in [7, 11) is 1.49. The predicted octanol–water partition coefficient (Wildman–Crippen LogP) is 1.35. The van der Waals surface area contributed by atoms with Crippen molar-refractivity contribution >= 4 is 5.97 Å². The number of nitrogens with zero attached hydrogens (tertiary/aromatic N) is 1. The van der Waals surface area contributed by atoms with Gasteiger partial charge in [-0.2, -0.15) is 0 Å². The Morgan fingerprint density at radius 1 is 1.43 bits per heavy atom. The monoisotopic (exact) mass is 320 g/mol. The van der Waals surface area contributed by atoms with Crippen molar-refractivity contribution in [2.75, 3.05) is 39.9 Å². The van der Waals surface area contributed by atoms with Gasteiger partial charge < -0.3 is 19.9 Å². The molecular weight excluding hydrogens is 296 g/mol. The highest BCUT2D eigenvalue weighted by molar-refractivity contribution is 5.91. The molecule has 0 atom stereocenters. The lowest BCUT2D eigenvalue weighted by Gasteiger charge is -2.44. The first-order chi connectivity index (χ1) is 11.1. The van der Waals surface area contributed by atoms with Crippen molar-refractivity contribution in [1.29, 1.82) is 0 Å². The molecule has 2 fully saturated rings. The maximum Gasteiger partial charge on any atom is 0.339 e. The van der Waals surface area contributed by atoms with E-state index in [4.69, 9.17) is 9.47 Å². The first-order valence-corrected chi connectivity index (χ1v) is 8.09. The fourth-order valence-electron chi connectivity index (χ4n) is 3.43. The smallest absolute Gasteiger partial charge is 0.339 e. The van der Waals surface area contributed by atoms with Gasteiger partial charge in [-0.15, -0.1) is 0 Å². The molecule has 2 N–H and O–H groups in total. The molecule has 0 bridgehead atoms. The zero-order valence-corrected chi connectivity index (χ0v) is 13.5. The molecule has 3 rings (SSSR count). The second-order valence-corrected chi connectivity index (χ2v) is 6.32. The molecule has 1 aromatic carbocycles. The van der Waals surface area contributed by atoms with Gasteiger partial charge in [0.2, 0.25) is 0 Å². The first-order valence-electron chi connectivity index (χ1n) is 8.09. The Balaban J connectivity index is 1.62. The Kier molecular flexibility index (Phi) is 4.84. The number of carbonyl (C=O) groups is 1. The summed E-state index contributed by atoms with van der Waals surface area (Å²) < 4.78 is 11.1. The quantitative estimate of drug-likeness (QED) is 0.872. The third-order valence-corrected chi connectivity index (χ3v) is 4.80. The molecule has 2 aliphatic rings. The number of aromatic carboxylic acids is 1. The number of nitrogens with one attached hydrogen (secondary N) is 1. The van der Waals surface area contributed by atoms with E-state index in [-0.39, 0.29) is 11.2 Å². The van der Waals surface area contributed by atoms with Gasteiger partial charge in [0.15, 0.2) is 0 Å². The number of piperidine rings is 1. The molecule has 6 nitrogen and oxygen atoms in total. The van der Waals surface area contributed by atoms with Crippen molar-refractivity contribution in [3.63, 3.8) is 0 Å². The molecule has 0 radical (unpaired) electrons. The summed E-state index contributed by atoms with van der Waals surface area (Å²) in [5.41, 5.74) is 1.22. The van der Waals surface area contributed by atoms with Gasteiger partial charge in [0.25, 0.3) is 0 Å². The Morgan fingerprint density at radius 3 is 2.83 bits per heavy atom. The number of methoxy groups -OCH3 is 1. The molecule has 2 heterocycles. The van der Waals surface area contributed by atoms with Gasteiger partial charge in [-0.05, 0) is 30.5 Å². The summed E-state index contributed by atoms with van der Waals surface area (Å²) in [6.07, 6.45) is 2.03. The lowest BCUT2D eigenvalue weighted by Crippen LogP contribution is -2.55. The van der Waals surface area contributed by atoms with Crippen molar-refractivity contribution in [2.45, 2.75) is 25.0 Å². The zero-order chi connectivity index (χ0) is 16.3. The second kappa shape index (κ2) is 6.86. The van der Waals surface area contributed by atoms with Gasteiger partial charge >= 0.3 is 5.97 Å². The lowest BCUT2D eigenvalue weighted by molar-refractivity contribution is -0.100. The van der Waals surface area contributed by atoms with Crippen LogP contribution in [0.25, 0.3) is 0 Å². The van der Waals surface area contributed by atoms with Crippen LogP contribution in [0.2, 0.25) is 0 Å². The number of hydrogen-bond donors (Lipinski definition) is 2. The van der Waals surface area contributed by atoms with Crippen LogP contribution in [0.15, 0.2) is 18.2 Å². The van der Waals surface area contributed by atoms with Crippen LogP contribution in [0.4, 0.5) is 0 Å². The highest BCUT2D eigenvalue weighted by atomic mass is 16.5. The summed E-state index contributed by atoms with van der Waals surface area (Å²) in [6.45, 7) is 5.36. The molecule has 2 aliphatic heterocycles. The lowest BCUT2D eigenvalue weighted by atomic mass is 9.90. The predicted molar refractivity (Wildman–Crippen MR) is 86.0 cm³/mol. The molecule has 2 saturated heterocycles. The van der Waals surface area contributed by atoms with E-state index in [1.54, 1.807) is 12.1 Å². The van der Waals surface area contributed by atoms with Crippen molar-refractivity contribution < 1.29 is 19.4 Å². The molecule has 0 amide bonds. The highest BCUT2D eigenvalue weighted by Crippen LogP contribution is 2.28. The largest absolute Gasteiger partial charge is 0.496 e. The molecule has 126 valence electrons. The number of morpholine rings is 1. The molecule has 1 aromatic rings. The summed E-state index contributed by atoms with van der Waals surface area (Å²) in [4.78, 5) is 13.7. The van der Waals surface area contributed by atoms with Crippen LogP contribution in [0.3, 0.4) is 0 Å². The van der Waals surface area contributed by atoms with E-state index < -0.39 is 5.97 Å². The van der Waals surface area contributed by atoms with Gasteiger partial charge in [-0.25, -0.2) is 4.79 Å². The van der Waals surface area contributed by atoms with Gasteiger partial charge in [0, 0.05) is 32.7 Å². The molecule has 0 unspecified atom stereocenters. The Morgan fingerprint density at radius 2 is 2.22 bits per heavy atom. The van der Waals surface area contributed by atoms with Crippen LogP contribution in [-0.2, 0) is 11.3 Å². The summed E-state index contributed by atoms with van der Waals surface area (Å²) in [5, 5.41) is 12.7. The first kappa shape index (κ1) is 16.2. The van der Waals surface area contributed by atoms with Gasteiger partial charge in [-0.1, -0.05) is 6.07 Å². The minimum Gasteiger partial charge on any atom is -0.496 e. The number of ether oxygens (including phenoxy) is 2. The Labute approximate surface area is 136 Å². The molecule has 0 aromatic heterocycles. The fourth-order valence-corrected chi connectivity index (χ4v) is 3.43. The van der Waals surface area contributed by atoms with E-state index in [0.29, 0.717) is 5.75 Å². The summed E-state index contributed by atoms with van der Waals surface area (Å²) in [6, 6.07) is 5.39. The van der Waals surface area contributed by atoms with Crippen LogP contribution in [-0.4, -0.2) is 61.5 Å². The van der Waals surface area contributed by atoms with Gasteiger partial charge in [0.1, 0.15) is 11.3 Å². The van der Waals surface area contributed by atoms with Crippen LogP contribution in [0.1, 0.15) is 28.8 Å². The third-order valence-electron chi connectivity index (χ3n) is 4.80. The van der Waals surface area contributed by atoms with Crippen LogP contribution in [0, 0.1) is 0 Å². The average Bonchev–Trinajstić information content (AvgIpc) is 2.58. The van der Waals surface area contributed by atoms with E-state index in [0.717, 1.165) is 57.7 Å². The number of rotatable bonds is 4. The molecule has 0 aliphatic carbocycles. The summed E-state index contributed by atoms with van der Waals surface area (Å²) in [5.74, 6) is -0.552. The molecule has 1 spiro atoms. The van der Waals surface area contributed by atoms with Gasteiger partial charge in [-0.3, -0.25) is 4.90 Å². The molecule has 0 saturated carbocycles. The third kappa shape index (κ3) is 3.65. The van der Waals surface area contributed by atoms with E-state index in [2.05, 4.69) is 10.2 Å². The standard InChI is InChI=1S/C17H24N2O4/c1-22-15-3-2-13(10-14(15)16(20)21)11-19-7-4-17(5-8-19)12-18-6-9-23-17/h2-3,10,18H,4-9,11-12H2,1H3,(H,20,21). The maximum absolute atomic E-state index is 11.3. The number of benzene rings is 1. The Bertz CT molecular complexity index is 560. The fraction of sp³-hybridized carbons (Fsp3) is 0.588. The van der Waals surface area contributed by atoms with E-state index in [9.17, 15) is 9.90 Å². The summed E-state index contributed by atoms with van der Waals surface area (Å²) >= 11 is 0. The molecular formula is C17H24N2O4. The number of carboxylic acid groups (broad SMARTS) is 1. The minimum absolute atomic E-state index is 0.000876. The second-order valence-electron chi connectivity index (χ2n) is 6.32. The van der Waals surface area contributed by atoms with Crippen molar-refractivity contribution in [3.8, 4) is 5.75 Å². The van der Waals surface area contributed by atoms with Crippen LogP contribution < -0.4 is 10.1 Å². The highest BCUT2D eigenvalue weighted by Gasteiger charge is 2.36.